The molecule has 7 nitrogen and oxygen atoms in total. The summed E-state index contributed by atoms with van der Waals surface area (Å²) in [5, 5.41) is 3.53. The number of amides is 4. The number of likely N-dealkylation sites (tertiary alicyclic amines) is 2. The Morgan fingerprint density at radius 3 is 2.33 bits per heavy atom. The van der Waals surface area contributed by atoms with Crippen LogP contribution in [0, 0.1) is 11.2 Å². The molecule has 3 aliphatic rings. The largest absolute Gasteiger partial charge is 0.344 e. The van der Waals surface area contributed by atoms with Crippen molar-refractivity contribution in [2.45, 2.75) is 44.2 Å². The topological polar surface area (TPSA) is 73.0 Å². The standard InChI is InChI=1S/C27H30ClFN4O3/c1-31-15-3-2-4-22(24(31)34)30-26(36)32-16-13-27(14-17-32)23(18-5-7-19(28)8-6-18)33(25(27)35)21-11-9-20(29)10-12-21/h5-12,22-23H,2-4,13-17H2,1H3,(H,30,36)/t22-,23?/m0/s1. The van der Waals surface area contributed by atoms with E-state index in [-0.39, 0.29) is 29.7 Å². The second kappa shape index (κ2) is 9.73. The first kappa shape index (κ1) is 24.6. The maximum absolute atomic E-state index is 13.6. The minimum atomic E-state index is -0.655. The first-order valence-electron chi connectivity index (χ1n) is 12.5. The molecule has 3 fully saturated rings. The molecule has 0 radical (unpaired) electrons. The summed E-state index contributed by atoms with van der Waals surface area (Å²) in [5.41, 5.74) is 0.939. The van der Waals surface area contributed by atoms with E-state index >= 15 is 0 Å². The number of piperidine rings is 1. The van der Waals surface area contributed by atoms with Crippen LogP contribution in [-0.4, -0.2) is 60.4 Å². The second-order valence-electron chi connectivity index (χ2n) is 10.0. The summed E-state index contributed by atoms with van der Waals surface area (Å²) in [5.74, 6) is -0.432. The summed E-state index contributed by atoms with van der Waals surface area (Å²) in [6.45, 7) is 1.53. The third-order valence-electron chi connectivity index (χ3n) is 7.87. The van der Waals surface area contributed by atoms with E-state index < -0.39 is 11.5 Å². The van der Waals surface area contributed by atoms with E-state index in [1.54, 1.807) is 46.0 Å². The van der Waals surface area contributed by atoms with Crippen molar-refractivity contribution >= 4 is 35.1 Å². The zero-order chi connectivity index (χ0) is 25.4. The molecule has 36 heavy (non-hydrogen) atoms. The summed E-state index contributed by atoms with van der Waals surface area (Å²) in [4.78, 5) is 44.4. The third kappa shape index (κ3) is 4.32. The molecule has 3 heterocycles. The number of carbonyl (C=O) groups is 3. The summed E-state index contributed by atoms with van der Waals surface area (Å²) in [6, 6.07) is 12.4. The summed E-state index contributed by atoms with van der Waals surface area (Å²) < 4.78 is 13.6. The zero-order valence-corrected chi connectivity index (χ0v) is 21.0. The van der Waals surface area contributed by atoms with Crippen molar-refractivity contribution in [2.24, 2.45) is 5.41 Å². The number of anilines is 1. The summed E-state index contributed by atoms with van der Waals surface area (Å²) >= 11 is 6.12. The molecule has 0 aromatic heterocycles. The minimum absolute atomic E-state index is 0.0188. The van der Waals surface area contributed by atoms with E-state index in [1.165, 1.54) is 12.1 Å². The lowest BCUT2D eigenvalue weighted by molar-refractivity contribution is -0.144. The van der Waals surface area contributed by atoms with Crippen LogP contribution < -0.4 is 10.2 Å². The van der Waals surface area contributed by atoms with Crippen LogP contribution in [0.1, 0.15) is 43.7 Å². The molecule has 3 saturated heterocycles. The first-order chi connectivity index (χ1) is 17.3. The van der Waals surface area contributed by atoms with Gasteiger partial charge in [-0.25, -0.2) is 9.18 Å². The van der Waals surface area contributed by atoms with E-state index in [0.29, 0.717) is 49.6 Å². The lowest BCUT2D eigenvalue weighted by atomic mass is 9.62. The molecule has 190 valence electrons. The number of rotatable bonds is 3. The predicted molar refractivity (Wildman–Crippen MR) is 135 cm³/mol. The van der Waals surface area contributed by atoms with Crippen LogP contribution >= 0.6 is 11.6 Å². The van der Waals surface area contributed by atoms with Gasteiger partial charge in [0.15, 0.2) is 0 Å². The third-order valence-corrected chi connectivity index (χ3v) is 8.12. The Kier molecular flexibility index (Phi) is 6.64. The Morgan fingerprint density at radius 1 is 1.00 bits per heavy atom. The van der Waals surface area contributed by atoms with Crippen molar-refractivity contribution in [1.82, 2.24) is 15.1 Å². The van der Waals surface area contributed by atoms with Gasteiger partial charge in [0.25, 0.3) is 0 Å². The van der Waals surface area contributed by atoms with Crippen LogP contribution in [0.4, 0.5) is 14.9 Å². The SMILES string of the molecule is CN1CCCC[C@H](NC(=O)N2CCC3(CC2)C(=O)N(c2ccc(F)cc2)C3c2ccc(Cl)cc2)C1=O. The number of likely N-dealkylation sites (N-methyl/N-ethyl adjacent to an activating group) is 1. The lowest BCUT2D eigenvalue weighted by Crippen LogP contribution is -2.67. The average Bonchev–Trinajstić information content (AvgIpc) is 3.04. The Hall–Kier alpha value is -3.13. The van der Waals surface area contributed by atoms with Crippen molar-refractivity contribution in [2.75, 3.05) is 31.6 Å². The predicted octanol–water partition coefficient (Wildman–Crippen LogP) is 4.37. The van der Waals surface area contributed by atoms with Gasteiger partial charge in [0.1, 0.15) is 11.9 Å². The molecule has 2 aromatic carbocycles. The molecule has 0 bridgehead atoms. The van der Waals surface area contributed by atoms with Gasteiger partial charge in [0.2, 0.25) is 11.8 Å². The molecule has 0 saturated carbocycles. The number of carbonyl (C=O) groups excluding carboxylic acids is 3. The van der Waals surface area contributed by atoms with Gasteiger partial charge in [-0.1, -0.05) is 23.7 Å². The molecule has 9 heteroatoms. The van der Waals surface area contributed by atoms with E-state index in [2.05, 4.69) is 5.32 Å². The smallest absolute Gasteiger partial charge is 0.318 e. The van der Waals surface area contributed by atoms with Gasteiger partial charge in [0.05, 0.1) is 11.5 Å². The van der Waals surface area contributed by atoms with Crippen molar-refractivity contribution in [1.29, 1.82) is 0 Å². The lowest BCUT2D eigenvalue weighted by Gasteiger charge is -2.59. The number of nitrogens with one attached hydrogen (secondary N) is 1. The van der Waals surface area contributed by atoms with Gasteiger partial charge in [-0.05, 0) is 74.1 Å². The van der Waals surface area contributed by atoms with Crippen LogP contribution in [0.2, 0.25) is 5.02 Å². The molecule has 2 atom stereocenters. The summed E-state index contributed by atoms with van der Waals surface area (Å²) in [6.07, 6.45) is 3.46. The molecule has 5 rings (SSSR count). The monoisotopic (exact) mass is 512 g/mol. The minimum Gasteiger partial charge on any atom is -0.344 e. The molecule has 1 N–H and O–H groups in total. The van der Waals surface area contributed by atoms with Crippen LogP contribution in [-0.2, 0) is 9.59 Å². The van der Waals surface area contributed by atoms with Gasteiger partial charge >= 0.3 is 6.03 Å². The van der Waals surface area contributed by atoms with Gasteiger partial charge in [-0.2, -0.15) is 0 Å². The van der Waals surface area contributed by atoms with Crippen molar-refractivity contribution in [3.8, 4) is 0 Å². The van der Waals surface area contributed by atoms with E-state index in [1.807, 2.05) is 12.1 Å². The number of β-lactam (4-membered cyclic amide) rings is 1. The molecule has 0 aliphatic carbocycles. The molecule has 1 spiro atoms. The fourth-order valence-corrected chi connectivity index (χ4v) is 5.93. The highest BCUT2D eigenvalue weighted by Gasteiger charge is 2.62. The van der Waals surface area contributed by atoms with Crippen molar-refractivity contribution in [3.63, 3.8) is 0 Å². The number of benzene rings is 2. The van der Waals surface area contributed by atoms with Crippen molar-refractivity contribution < 1.29 is 18.8 Å². The van der Waals surface area contributed by atoms with E-state index in [4.69, 9.17) is 11.6 Å². The van der Waals surface area contributed by atoms with Gasteiger partial charge in [0, 0.05) is 37.4 Å². The fourth-order valence-electron chi connectivity index (χ4n) is 5.80. The Morgan fingerprint density at radius 2 is 1.67 bits per heavy atom. The van der Waals surface area contributed by atoms with Crippen LogP contribution in [0.15, 0.2) is 48.5 Å². The molecular weight excluding hydrogens is 483 g/mol. The Bertz CT molecular complexity index is 1150. The molecule has 2 aromatic rings. The average molecular weight is 513 g/mol. The number of hydrogen-bond acceptors (Lipinski definition) is 3. The number of urea groups is 1. The van der Waals surface area contributed by atoms with Gasteiger partial charge < -0.3 is 20.0 Å². The fraction of sp³-hybridized carbons (Fsp3) is 0.444. The van der Waals surface area contributed by atoms with E-state index in [9.17, 15) is 18.8 Å². The van der Waals surface area contributed by atoms with Crippen molar-refractivity contribution in [3.05, 3.63) is 64.9 Å². The first-order valence-corrected chi connectivity index (χ1v) is 12.8. The van der Waals surface area contributed by atoms with Crippen LogP contribution in [0.25, 0.3) is 0 Å². The highest BCUT2D eigenvalue weighted by Crippen LogP contribution is 2.57. The number of nitrogens with zero attached hydrogens (tertiary/aromatic N) is 3. The Labute approximate surface area is 215 Å². The molecule has 4 amide bonds. The maximum Gasteiger partial charge on any atom is 0.318 e. The molecule has 1 unspecified atom stereocenters. The normalized spacial score (nSPS) is 23.9. The molecular formula is C27H30ClFN4O3. The molecule has 3 aliphatic heterocycles. The van der Waals surface area contributed by atoms with Gasteiger partial charge in [-0.15, -0.1) is 0 Å². The highest BCUT2D eigenvalue weighted by molar-refractivity contribution is 6.30. The second-order valence-corrected chi connectivity index (χ2v) is 10.4. The zero-order valence-electron chi connectivity index (χ0n) is 20.3. The number of hydrogen-bond donors (Lipinski definition) is 1. The number of halogens is 2. The summed E-state index contributed by atoms with van der Waals surface area (Å²) in [7, 11) is 1.77. The van der Waals surface area contributed by atoms with Crippen LogP contribution in [0.3, 0.4) is 0 Å². The van der Waals surface area contributed by atoms with Crippen LogP contribution in [0.5, 0.6) is 0 Å². The van der Waals surface area contributed by atoms with Gasteiger partial charge in [-0.3, -0.25) is 9.59 Å². The Balaban J connectivity index is 1.33. The quantitative estimate of drug-likeness (QED) is 0.621. The maximum atomic E-state index is 13.6. The highest BCUT2D eigenvalue weighted by atomic mass is 35.5. The van der Waals surface area contributed by atoms with E-state index in [0.717, 1.165) is 18.4 Å².